The minimum atomic E-state index is -0.377. The first kappa shape index (κ1) is 19.6. The van der Waals surface area contributed by atoms with Crippen molar-refractivity contribution >= 4 is 34.6 Å². The molecule has 1 N–H and O–H groups in total. The van der Waals surface area contributed by atoms with Crippen molar-refractivity contribution in [1.82, 2.24) is 4.90 Å². The molecule has 0 aliphatic carbocycles. The summed E-state index contributed by atoms with van der Waals surface area (Å²) in [5, 5.41) is 14.8. The minimum absolute atomic E-state index is 0.0468. The van der Waals surface area contributed by atoms with E-state index in [2.05, 4.69) is 10.2 Å². The molecule has 2 heterocycles. The van der Waals surface area contributed by atoms with Gasteiger partial charge < -0.3 is 10.2 Å². The van der Waals surface area contributed by atoms with Gasteiger partial charge in [-0.25, -0.2) is 4.39 Å². The maximum absolute atomic E-state index is 14.0. The summed E-state index contributed by atoms with van der Waals surface area (Å²) in [5.74, 6) is -0.412. The van der Waals surface area contributed by atoms with Gasteiger partial charge in [0.2, 0.25) is 5.91 Å². The first-order chi connectivity index (χ1) is 13.9. The molecule has 0 unspecified atom stereocenters. The van der Waals surface area contributed by atoms with Gasteiger partial charge in [-0.05, 0) is 30.2 Å². The zero-order valence-corrected chi connectivity index (χ0v) is 16.4. The molecule has 2 aliphatic heterocycles. The summed E-state index contributed by atoms with van der Waals surface area (Å²) in [7, 11) is 0. The second-order valence-corrected chi connectivity index (χ2v) is 7.67. The van der Waals surface area contributed by atoms with Crippen LogP contribution in [-0.4, -0.2) is 41.9 Å². The summed E-state index contributed by atoms with van der Waals surface area (Å²) >= 11 is 6.12. The Morgan fingerprint density at radius 1 is 1.17 bits per heavy atom. The monoisotopic (exact) mass is 418 g/mol. The van der Waals surface area contributed by atoms with Gasteiger partial charge >= 0.3 is 0 Å². The van der Waals surface area contributed by atoms with Crippen molar-refractivity contribution in [2.75, 3.05) is 36.4 Å². The van der Waals surface area contributed by atoms with Gasteiger partial charge in [0.25, 0.3) is 5.69 Å². The number of nitrogens with zero attached hydrogens (tertiary/aromatic N) is 3. The summed E-state index contributed by atoms with van der Waals surface area (Å²) in [5.41, 5.74) is 2.44. The Bertz CT molecular complexity index is 956. The normalized spacial score (nSPS) is 17.0. The molecule has 2 aliphatic rings. The lowest BCUT2D eigenvalue weighted by molar-refractivity contribution is -0.384. The number of anilines is 2. The first-order valence-corrected chi connectivity index (χ1v) is 9.81. The molecule has 7 nitrogen and oxygen atoms in total. The fourth-order valence-electron chi connectivity index (χ4n) is 3.86. The van der Waals surface area contributed by atoms with Gasteiger partial charge in [-0.3, -0.25) is 19.8 Å². The lowest BCUT2D eigenvalue weighted by Crippen LogP contribution is -2.46. The number of carbonyl (C=O) groups is 1. The molecule has 0 spiro atoms. The lowest BCUT2D eigenvalue weighted by atomic mass is 10.0. The number of hydrogen-bond acceptors (Lipinski definition) is 5. The molecule has 29 heavy (non-hydrogen) atoms. The van der Waals surface area contributed by atoms with Crippen molar-refractivity contribution in [3.8, 4) is 0 Å². The zero-order valence-electron chi connectivity index (χ0n) is 15.7. The fraction of sp³-hybridized carbons (Fsp3) is 0.350. The number of hydrogen-bond donors (Lipinski definition) is 1. The minimum Gasteiger partial charge on any atom is -0.363 e. The zero-order chi connectivity index (χ0) is 20.5. The number of halogens is 2. The topological polar surface area (TPSA) is 78.7 Å². The average molecular weight is 419 g/mol. The number of nitro groups is 1. The molecule has 152 valence electrons. The molecule has 1 saturated heterocycles. The Hall–Kier alpha value is -2.71. The van der Waals surface area contributed by atoms with Crippen molar-refractivity contribution in [3.05, 3.63) is 62.4 Å². The maximum Gasteiger partial charge on any atom is 0.292 e. The molecule has 0 saturated carbocycles. The summed E-state index contributed by atoms with van der Waals surface area (Å²) < 4.78 is 14.0. The van der Waals surface area contributed by atoms with Crippen LogP contribution in [0.3, 0.4) is 0 Å². The number of carbonyl (C=O) groups excluding carboxylic acids is 1. The third-order valence-electron chi connectivity index (χ3n) is 5.45. The number of benzene rings is 2. The van der Waals surface area contributed by atoms with Crippen LogP contribution in [0.5, 0.6) is 0 Å². The van der Waals surface area contributed by atoms with Crippen LogP contribution in [0.15, 0.2) is 30.3 Å². The number of rotatable bonds is 4. The third-order valence-corrected chi connectivity index (χ3v) is 5.80. The molecule has 4 rings (SSSR count). The van der Waals surface area contributed by atoms with Gasteiger partial charge in [0, 0.05) is 61.5 Å². The molecular weight excluding hydrogens is 399 g/mol. The molecule has 2 aromatic carbocycles. The van der Waals surface area contributed by atoms with E-state index in [1.165, 1.54) is 6.07 Å². The molecule has 0 bridgehead atoms. The summed E-state index contributed by atoms with van der Waals surface area (Å²) in [6, 6.07) is 7.90. The van der Waals surface area contributed by atoms with E-state index in [0.717, 1.165) is 5.56 Å². The van der Waals surface area contributed by atoms with Crippen LogP contribution in [0.25, 0.3) is 0 Å². The van der Waals surface area contributed by atoms with Crippen LogP contribution in [-0.2, 0) is 17.8 Å². The van der Waals surface area contributed by atoms with E-state index < -0.39 is 0 Å². The molecule has 2 aromatic rings. The third kappa shape index (κ3) is 4.04. The maximum atomic E-state index is 14.0. The van der Waals surface area contributed by atoms with E-state index in [0.29, 0.717) is 67.5 Å². The average Bonchev–Trinajstić information content (AvgIpc) is 2.70. The van der Waals surface area contributed by atoms with E-state index in [1.54, 1.807) is 24.3 Å². The van der Waals surface area contributed by atoms with Crippen LogP contribution in [0, 0.1) is 15.9 Å². The molecule has 1 amide bonds. The van der Waals surface area contributed by atoms with E-state index in [4.69, 9.17) is 11.6 Å². The van der Waals surface area contributed by atoms with E-state index in [-0.39, 0.29) is 22.3 Å². The van der Waals surface area contributed by atoms with Crippen LogP contribution in [0.1, 0.15) is 17.5 Å². The first-order valence-electron chi connectivity index (χ1n) is 9.43. The highest BCUT2D eigenvalue weighted by Gasteiger charge is 2.28. The molecular formula is C20H20ClFN4O3. The smallest absolute Gasteiger partial charge is 0.292 e. The number of nitrogens with one attached hydrogen (secondary N) is 1. The fourth-order valence-corrected chi connectivity index (χ4v) is 4.08. The highest BCUT2D eigenvalue weighted by Crippen LogP contribution is 2.37. The number of nitro benzene ring substituents is 1. The van der Waals surface area contributed by atoms with E-state index >= 15 is 0 Å². The van der Waals surface area contributed by atoms with Gasteiger partial charge in [0.05, 0.1) is 4.92 Å². The standard InChI is InChI=1S/C20H20ClFN4O3/c21-15-2-1-3-16(22)14(15)12-24-6-8-25(9-7-24)18-11-17-13(4-5-20(27)23-17)10-19(18)26(28)29/h1-3,10-11H,4-9,12H2,(H,23,27). The number of fused-ring (bicyclic) bond motifs is 1. The van der Waals surface area contributed by atoms with Gasteiger partial charge in [-0.1, -0.05) is 17.7 Å². The van der Waals surface area contributed by atoms with Crippen LogP contribution >= 0.6 is 11.6 Å². The largest absolute Gasteiger partial charge is 0.363 e. The van der Waals surface area contributed by atoms with Gasteiger partial charge in [0.15, 0.2) is 0 Å². The molecule has 0 radical (unpaired) electrons. The second kappa shape index (κ2) is 7.96. The van der Waals surface area contributed by atoms with Crippen LogP contribution in [0.2, 0.25) is 5.02 Å². The number of aryl methyl sites for hydroxylation is 1. The Morgan fingerprint density at radius 3 is 2.62 bits per heavy atom. The quantitative estimate of drug-likeness (QED) is 0.606. The number of amides is 1. The van der Waals surface area contributed by atoms with Crippen molar-refractivity contribution in [2.45, 2.75) is 19.4 Å². The SMILES string of the molecule is O=C1CCc2cc([N+](=O)[O-])c(N3CCN(Cc4c(F)cccc4Cl)CC3)cc2N1. The van der Waals surface area contributed by atoms with Gasteiger partial charge in [0.1, 0.15) is 11.5 Å². The van der Waals surface area contributed by atoms with Crippen LogP contribution < -0.4 is 10.2 Å². The Labute approximate surface area is 172 Å². The Kier molecular flexibility index (Phi) is 5.38. The second-order valence-electron chi connectivity index (χ2n) is 7.27. The van der Waals surface area contributed by atoms with Gasteiger partial charge in [-0.15, -0.1) is 0 Å². The predicted octanol–water partition coefficient (Wildman–Crippen LogP) is 3.59. The highest BCUT2D eigenvalue weighted by atomic mass is 35.5. The molecule has 0 atom stereocenters. The molecule has 9 heteroatoms. The predicted molar refractivity (Wildman–Crippen MR) is 109 cm³/mol. The van der Waals surface area contributed by atoms with Crippen molar-refractivity contribution < 1.29 is 14.1 Å². The van der Waals surface area contributed by atoms with Crippen molar-refractivity contribution in [3.63, 3.8) is 0 Å². The van der Waals surface area contributed by atoms with E-state index in [1.807, 2.05) is 4.90 Å². The van der Waals surface area contributed by atoms with Crippen LogP contribution in [0.4, 0.5) is 21.5 Å². The van der Waals surface area contributed by atoms with Crippen molar-refractivity contribution in [1.29, 1.82) is 0 Å². The summed E-state index contributed by atoms with van der Waals surface area (Å²) in [6.45, 7) is 2.73. The molecule has 1 fully saturated rings. The van der Waals surface area contributed by atoms with E-state index in [9.17, 15) is 19.3 Å². The summed E-state index contributed by atoms with van der Waals surface area (Å²) in [4.78, 5) is 27.0. The number of piperazine rings is 1. The Balaban J connectivity index is 1.51. The molecule has 0 aromatic heterocycles. The van der Waals surface area contributed by atoms with Crippen molar-refractivity contribution in [2.24, 2.45) is 0 Å². The summed E-state index contributed by atoms with van der Waals surface area (Å²) in [6.07, 6.45) is 0.834. The highest BCUT2D eigenvalue weighted by molar-refractivity contribution is 6.31. The van der Waals surface area contributed by atoms with Gasteiger partial charge in [-0.2, -0.15) is 0 Å². The lowest BCUT2D eigenvalue weighted by Gasteiger charge is -2.36. The Morgan fingerprint density at radius 2 is 1.93 bits per heavy atom.